The summed E-state index contributed by atoms with van der Waals surface area (Å²) in [5, 5.41) is 0. The number of carbonyl (C=O) groups excluding carboxylic acids is 1. The van der Waals surface area contributed by atoms with Crippen LogP contribution in [0.1, 0.15) is 16.8 Å². The topological polar surface area (TPSA) is 52.2 Å². The van der Waals surface area contributed by atoms with Crippen LogP contribution in [0, 0.1) is 13.8 Å². The largest absolute Gasteiger partial charge is 0.368 e. The highest BCUT2D eigenvalue weighted by Gasteiger charge is 2.20. The van der Waals surface area contributed by atoms with Gasteiger partial charge in [0.25, 0.3) is 0 Å². The maximum Gasteiger partial charge on any atom is 0.246 e. The van der Waals surface area contributed by atoms with E-state index in [4.69, 9.17) is 0 Å². The predicted molar refractivity (Wildman–Crippen MR) is 92.3 cm³/mol. The fraction of sp³-hybridized carbons (Fsp3) is 0.333. The van der Waals surface area contributed by atoms with Gasteiger partial charge in [0.05, 0.1) is 18.2 Å². The number of nitrogens with zero attached hydrogens (tertiary/aromatic N) is 3. The van der Waals surface area contributed by atoms with Gasteiger partial charge in [-0.25, -0.2) is 4.98 Å². The zero-order valence-electron chi connectivity index (χ0n) is 13.6. The lowest BCUT2D eigenvalue weighted by Gasteiger charge is -2.36. The first kappa shape index (κ1) is 15.3. The van der Waals surface area contributed by atoms with Crippen LogP contribution in [0.2, 0.25) is 0 Å². The smallest absolute Gasteiger partial charge is 0.246 e. The number of amides is 1. The number of nitrogens with one attached hydrogen (secondary N) is 1. The normalized spacial score (nSPS) is 15.4. The van der Waals surface area contributed by atoms with E-state index in [-0.39, 0.29) is 5.91 Å². The number of benzene rings is 1. The number of aromatic nitrogens is 2. The lowest BCUT2D eigenvalue weighted by atomic mass is 10.1. The molecule has 0 bridgehead atoms. The van der Waals surface area contributed by atoms with Gasteiger partial charge in [0.1, 0.15) is 0 Å². The number of H-pyrrole nitrogens is 1. The number of carbonyl (C=O) groups is 1. The van der Waals surface area contributed by atoms with Gasteiger partial charge in [-0.15, -0.1) is 0 Å². The number of aryl methyl sites for hydroxylation is 2. The summed E-state index contributed by atoms with van der Waals surface area (Å²) in [6.07, 6.45) is 6.68. The Labute approximate surface area is 136 Å². The lowest BCUT2D eigenvalue weighted by molar-refractivity contribution is -0.126. The molecule has 1 N–H and O–H groups in total. The molecule has 2 heterocycles. The van der Waals surface area contributed by atoms with Crippen LogP contribution < -0.4 is 4.90 Å². The summed E-state index contributed by atoms with van der Waals surface area (Å²) in [6, 6.07) is 6.61. The van der Waals surface area contributed by atoms with E-state index >= 15 is 0 Å². The highest BCUT2D eigenvalue weighted by molar-refractivity contribution is 5.91. The molecular weight excluding hydrogens is 288 g/mol. The minimum atomic E-state index is 0.0553. The number of hydrogen-bond acceptors (Lipinski definition) is 3. The van der Waals surface area contributed by atoms with Crippen molar-refractivity contribution in [1.82, 2.24) is 14.9 Å². The number of imidazole rings is 1. The summed E-state index contributed by atoms with van der Waals surface area (Å²) in [6.45, 7) is 7.48. The van der Waals surface area contributed by atoms with Crippen molar-refractivity contribution in [3.63, 3.8) is 0 Å². The van der Waals surface area contributed by atoms with Crippen molar-refractivity contribution in [3.8, 4) is 0 Å². The van der Waals surface area contributed by atoms with Crippen molar-refractivity contribution < 1.29 is 4.79 Å². The van der Waals surface area contributed by atoms with E-state index in [1.165, 1.54) is 16.8 Å². The maximum atomic E-state index is 12.2. The molecule has 0 spiro atoms. The number of aromatic amines is 1. The minimum absolute atomic E-state index is 0.0553. The molecule has 1 aliphatic rings. The first-order chi connectivity index (χ1) is 11.1. The zero-order valence-corrected chi connectivity index (χ0v) is 13.6. The Bertz CT molecular complexity index is 678. The van der Waals surface area contributed by atoms with Crippen LogP contribution in [-0.4, -0.2) is 47.0 Å². The first-order valence-electron chi connectivity index (χ1n) is 7.90. The first-order valence-corrected chi connectivity index (χ1v) is 7.90. The van der Waals surface area contributed by atoms with E-state index in [9.17, 15) is 4.79 Å². The maximum absolute atomic E-state index is 12.2. The Balaban J connectivity index is 1.58. The van der Waals surface area contributed by atoms with Crippen LogP contribution in [0.5, 0.6) is 0 Å². The van der Waals surface area contributed by atoms with Gasteiger partial charge in [-0.3, -0.25) is 4.79 Å². The molecular formula is C18H22N4O. The SMILES string of the molecule is Cc1cc(C)cc(N2CCN(C(=O)/C=C/c3cnc[nH]3)CC2)c1. The van der Waals surface area contributed by atoms with Crippen LogP contribution in [0.15, 0.2) is 36.8 Å². The molecule has 0 radical (unpaired) electrons. The number of hydrogen-bond donors (Lipinski definition) is 1. The number of rotatable bonds is 3. The third-order valence-corrected chi connectivity index (χ3v) is 4.09. The van der Waals surface area contributed by atoms with Gasteiger partial charge in [0.15, 0.2) is 0 Å². The molecule has 23 heavy (non-hydrogen) atoms. The summed E-state index contributed by atoms with van der Waals surface area (Å²) >= 11 is 0. The van der Waals surface area contributed by atoms with Gasteiger partial charge in [-0.2, -0.15) is 0 Å². The van der Waals surface area contributed by atoms with Gasteiger partial charge in [0.2, 0.25) is 5.91 Å². The molecule has 1 aromatic heterocycles. The Morgan fingerprint density at radius 3 is 2.43 bits per heavy atom. The summed E-state index contributed by atoms with van der Waals surface area (Å²) < 4.78 is 0. The fourth-order valence-electron chi connectivity index (χ4n) is 2.94. The summed E-state index contributed by atoms with van der Waals surface area (Å²) in [5.74, 6) is 0.0553. The Morgan fingerprint density at radius 2 is 1.83 bits per heavy atom. The molecule has 1 amide bonds. The van der Waals surface area contributed by atoms with Gasteiger partial charge in [-0.1, -0.05) is 6.07 Å². The molecule has 0 unspecified atom stereocenters. The molecule has 1 aromatic carbocycles. The highest BCUT2D eigenvalue weighted by Crippen LogP contribution is 2.20. The quantitative estimate of drug-likeness (QED) is 0.886. The van der Waals surface area contributed by atoms with E-state index in [0.717, 1.165) is 31.9 Å². The minimum Gasteiger partial charge on any atom is -0.368 e. The standard InChI is InChI=1S/C18H22N4O/c1-14-9-15(2)11-17(10-14)21-5-7-22(8-6-21)18(23)4-3-16-12-19-13-20-16/h3-4,9-13H,5-8H2,1-2H3,(H,19,20)/b4-3+. The lowest BCUT2D eigenvalue weighted by Crippen LogP contribution is -2.48. The molecule has 0 aliphatic carbocycles. The molecule has 1 aliphatic heterocycles. The number of anilines is 1. The van der Waals surface area contributed by atoms with Crippen LogP contribution in [0.4, 0.5) is 5.69 Å². The van der Waals surface area contributed by atoms with Crippen LogP contribution in [0.25, 0.3) is 6.08 Å². The predicted octanol–water partition coefficient (Wildman–Crippen LogP) is 2.39. The van der Waals surface area contributed by atoms with Crippen molar-refractivity contribution >= 4 is 17.7 Å². The highest BCUT2D eigenvalue weighted by atomic mass is 16.2. The van der Waals surface area contributed by atoms with Gasteiger partial charge >= 0.3 is 0 Å². The summed E-state index contributed by atoms with van der Waals surface area (Å²) in [5.41, 5.74) is 4.65. The van der Waals surface area contributed by atoms with E-state index in [1.54, 1.807) is 24.7 Å². The third-order valence-electron chi connectivity index (χ3n) is 4.09. The molecule has 1 fully saturated rings. The van der Waals surface area contributed by atoms with Gasteiger partial charge in [0, 0.05) is 37.9 Å². The van der Waals surface area contributed by atoms with Crippen LogP contribution in [0.3, 0.4) is 0 Å². The Hall–Kier alpha value is -2.56. The Morgan fingerprint density at radius 1 is 1.13 bits per heavy atom. The molecule has 3 rings (SSSR count). The zero-order chi connectivity index (χ0) is 16.2. The van der Waals surface area contributed by atoms with Crippen LogP contribution >= 0.6 is 0 Å². The van der Waals surface area contributed by atoms with E-state index in [0.29, 0.717) is 0 Å². The van der Waals surface area contributed by atoms with E-state index in [2.05, 4.69) is 46.9 Å². The monoisotopic (exact) mass is 310 g/mol. The molecule has 2 aromatic rings. The average molecular weight is 310 g/mol. The second-order valence-corrected chi connectivity index (χ2v) is 6.00. The van der Waals surface area contributed by atoms with Crippen molar-refractivity contribution in [1.29, 1.82) is 0 Å². The van der Waals surface area contributed by atoms with Crippen molar-refractivity contribution in [3.05, 3.63) is 53.6 Å². The van der Waals surface area contributed by atoms with E-state index in [1.807, 2.05) is 4.90 Å². The average Bonchev–Trinajstić information content (AvgIpc) is 3.05. The van der Waals surface area contributed by atoms with Gasteiger partial charge < -0.3 is 14.8 Å². The van der Waals surface area contributed by atoms with Crippen molar-refractivity contribution in [2.75, 3.05) is 31.1 Å². The molecule has 120 valence electrons. The molecule has 5 nitrogen and oxygen atoms in total. The molecule has 0 atom stereocenters. The van der Waals surface area contributed by atoms with Crippen LogP contribution in [-0.2, 0) is 4.79 Å². The Kier molecular flexibility index (Phi) is 4.46. The van der Waals surface area contributed by atoms with Gasteiger partial charge in [-0.05, 0) is 43.2 Å². The molecule has 5 heteroatoms. The van der Waals surface area contributed by atoms with Crippen molar-refractivity contribution in [2.24, 2.45) is 0 Å². The molecule has 1 saturated heterocycles. The number of piperazine rings is 1. The second kappa shape index (κ2) is 6.69. The summed E-state index contributed by atoms with van der Waals surface area (Å²) in [4.78, 5) is 23.4. The van der Waals surface area contributed by atoms with Crippen molar-refractivity contribution in [2.45, 2.75) is 13.8 Å². The summed E-state index contributed by atoms with van der Waals surface area (Å²) in [7, 11) is 0. The second-order valence-electron chi connectivity index (χ2n) is 6.00. The fourth-order valence-corrected chi connectivity index (χ4v) is 2.94. The third kappa shape index (κ3) is 3.80. The van der Waals surface area contributed by atoms with E-state index < -0.39 is 0 Å². The molecule has 0 saturated carbocycles.